The Morgan fingerprint density at radius 2 is 2.25 bits per heavy atom. The highest BCUT2D eigenvalue weighted by Gasteiger charge is 2.37. The third-order valence-electron chi connectivity index (χ3n) is 3.51. The molecule has 0 aromatic heterocycles. The van der Waals surface area contributed by atoms with E-state index >= 15 is 0 Å². The van der Waals surface area contributed by atoms with Crippen molar-refractivity contribution in [1.82, 2.24) is 5.32 Å². The molecule has 4 nitrogen and oxygen atoms in total. The Balaban J connectivity index is 2.20. The third-order valence-corrected chi connectivity index (χ3v) is 3.51. The van der Waals surface area contributed by atoms with Crippen LogP contribution in [0.3, 0.4) is 0 Å². The second kappa shape index (κ2) is 5.75. The second-order valence-corrected chi connectivity index (χ2v) is 5.16. The van der Waals surface area contributed by atoms with Crippen LogP contribution in [0.2, 0.25) is 0 Å². The number of carboxylic acids is 1. The molecule has 0 bridgehead atoms. The number of nitrogens with one attached hydrogen (secondary N) is 1. The molecular weight excluding hydrogens is 268 g/mol. The van der Waals surface area contributed by atoms with Gasteiger partial charge >= 0.3 is 12.6 Å². The van der Waals surface area contributed by atoms with Gasteiger partial charge in [0.25, 0.3) is 0 Å². The molecule has 0 amide bonds. The Hall–Kier alpha value is -1.69. The number of halogens is 2. The summed E-state index contributed by atoms with van der Waals surface area (Å²) in [5, 5.41) is 12.5. The van der Waals surface area contributed by atoms with E-state index in [1.165, 1.54) is 25.1 Å². The lowest BCUT2D eigenvalue weighted by molar-refractivity contribution is -0.144. The van der Waals surface area contributed by atoms with Gasteiger partial charge < -0.3 is 9.84 Å². The number of alkyl halides is 2. The van der Waals surface area contributed by atoms with Crippen molar-refractivity contribution in [2.24, 2.45) is 5.92 Å². The predicted octanol–water partition coefficient (Wildman–Crippen LogP) is 2.59. The first-order chi connectivity index (χ1) is 9.41. The summed E-state index contributed by atoms with van der Waals surface area (Å²) in [4.78, 5) is 11.5. The summed E-state index contributed by atoms with van der Waals surface area (Å²) in [6.07, 6.45) is 2.19. The molecule has 1 aliphatic rings. The number of ether oxygens (including phenoxy) is 1. The van der Waals surface area contributed by atoms with Crippen molar-refractivity contribution < 1.29 is 23.4 Å². The first-order valence-corrected chi connectivity index (χ1v) is 6.45. The Morgan fingerprint density at radius 1 is 1.55 bits per heavy atom. The van der Waals surface area contributed by atoms with Gasteiger partial charge in [0.1, 0.15) is 11.3 Å². The molecule has 1 aliphatic carbocycles. The van der Waals surface area contributed by atoms with Gasteiger partial charge in [-0.15, -0.1) is 0 Å². The number of benzene rings is 1. The van der Waals surface area contributed by atoms with Crippen molar-refractivity contribution in [3.8, 4) is 5.75 Å². The molecule has 0 spiro atoms. The Labute approximate surface area is 115 Å². The summed E-state index contributed by atoms with van der Waals surface area (Å²) in [5.41, 5.74) is -0.923. The second-order valence-electron chi connectivity index (χ2n) is 5.16. The van der Waals surface area contributed by atoms with Crippen LogP contribution in [-0.2, 0) is 10.3 Å². The van der Waals surface area contributed by atoms with Crippen molar-refractivity contribution in [3.05, 3.63) is 29.8 Å². The minimum atomic E-state index is -2.93. The molecule has 0 radical (unpaired) electrons. The molecule has 1 saturated carbocycles. The van der Waals surface area contributed by atoms with E-state index in [-0.39, 0.29) is 5.75 Å². The lowest BCUT2D eigenvalue weighted by atomic mass is 9.91. The van der Waals surface area contributed by atoms with Crippen LogP contribution in [0.15, 0.2) is 24.3 Å². The van der Waals surface area contributed by atoms with Crippen LogP contribution in [-0.4, -0.2) is 24.2 Å². The molecule has 110 valence electrons. The first-order valence-electron chi connectivity index (χ1n) is 6.45. The topological polar surface area (TPSA) is 58.6 Å². The van der Waals surface area contributed by atoms with Gasteiger partial charge in [0, 0.05) is 0 Å². The van der Waals surface area contributed by atoms with Gasteiger partial charge in [-0.25, -0.2) is 4.79 Å². The summed E-state index contributed by atoms with van der Waals surface area (Å²) in [6.45, 7) is -0.803. The van der Waals surface area contributed by atoms with Crippen LogP contribution in [0.4, 0.5) is 8.78 Å². The zero-order valence-electron chi connectivity index (χ0n) is 11.1. The molecular formula is C14H17F2NO3. The van der Waals surface area contributed by atoms with Gasteiger partial charge in [-0.1, -0.05) is 12.1 Å². The van der Waals surface area contributed by atoms with Gasteiger partial charge in [0.15, 0.2) is 0 Å². The van der Waals surface area contributed by atoms with E-state index in [0.717, 1.165) is 12.8 Å². The fourth-order valence-corrected chi connectivity index (χ4v) is 1.95. The Morgan fingerprint density at radius 3 is 2.80 bits per heavy atom. The van der Waals surface area contributed by atoms with Gasteiger partial charge in [0.05, 0.1) is 0 Å². The Bertz CT molecular complexity index is 491. The summed E-state index contributed by atoms with van der Waals surface area (Å²) in [6, 6.07) is 5.80. The van der Waals surface area contributed by atoms with Crippen molar-refractivity contribution in [1.29, 1.82) is 0 Å². The summed E-state index contributed by atoms with van der Waals surface area (Å²) in [5.74, 6) is -0.584. The predicted molar refractivity (Wildman–Crippen MR) is 68.8 cm³/mol. The largest absolute Gasteiger partial charge is 0.480 e. The number of aliphatic carboxylic acids is 1. The van der Waals surface area contributed by atoms with Gasteiger partial charge in [-0.2, -0.15) is 8.78 Å². The average Bonchev–Trinajstić information content (AvgIpc) is 3.19. The zero-order valence-corrected chi connectivity index (χ0v) is 11.1. The molecule has 2 rings (SSSR count). The number of rotatable bonds is 7. The molecule has 0 aliphatic heterocycles. The summed E-state index contributed by atoms with van der Waals surface area (Å²) in [7, 11) is 0. The minimum absolute atomic E-state index is 0.0433. The van der Waals surface area contributed by atoms with E-state index in [0.29, 0.717) is 18.0 Å². The van der Waals surface area contributed by atoms with Crippen molar-refractivity contribution in [2.45, 2.75) is 31.9 Å². The number of hydrogen-bond acceptors (Lipinski definition) is 3. The van der Waals surface area contributed by atoms with E-state index in [1.54, 1.807) is 6.07 Å². The van der Waals surface area contributed by atoms with Crippen LogP contribution >= 0.6 is 0 Å². The van der Waals surface area contributed by atoms with Crippen molar-refractivity contribution in [3.63, 3.8) is 0 Å². The maximum absolute atomic E-state index is 12.2. The third kappa shape index (κ3) is 3.45. The molecule has 0 saturated heterocycles. The number of carbonyl (C=O) groups is 1. The van der Waals surface area contributed by atoms with Crippen molar-refractivity contribution in [2.75, 3.05) is 6.54 Å². The minimum Gasteiger partial charge on any atom is -0.480 e. The molecule has 1 aromatic carbocycles. The molecule has 1 unspecified atom stereocenters. The van der Waals surface area contributed by atoms with Gasteiger partial charge in [0.2, 0.25) is 0 Å². The monoisotopic (exact) mass is 285 g/mol. The molecule has 1 aromatic rings. The first kappa shape index (κ1) is 14.7. The molecule has 6 heteroatoms. The van der Waals surface area contributed by atoms with E-state index < -0.39 is 18.1 Å². The zero-order chi connectivity index (χ0) is 14.8. The fraction of sp³-hybridized carbons (Fsp3) is 0.500. The smallest absolute Gasteiger partial charge is 0.387 e. The lowest BCUT2D eigenvalue weighted by Crippen LogP contribution is -2.47. The van der Waals surface area contributed by atoms with E-state index in [4.69, 9.17) is 0 Å². The fourth-order valence-electron chi connectivity index (χ4n) is 1.95. The maximum atomic E-state index is 12.2. The van der Waals surface area contributed by atoms with Gasteiger partial charge in [-0.3, -0.25) is 5.32 Å². The maximum Gasteiger partial charge on any atom is 0.387 e. The SMILES string of the molecule is CC(NCC1CC1)(C(=O)O)c1cccc(OC(F)F)c1. The van der Waals surface area contributed by atoms with E-state index in [1.807, 2.05) is 0 Å². The molecule has 1 atom stereocenters. The highest BCUT2D eigenvalue weighted by molar-refractivity contribution is 5.80. The summed E-state index contributed by atoms with van der Waals surface area (Å²) < 4.78 is 28.7. The highest BCUT2D eigenvalue weighted by atomic mass is 19.3. The lowest BCUT2D eigenvalue weighted by Gasteiger charge is -2.27. The van der Waals surface area contributed by atoms with E-state index in [9.17, 15) is 18.7 Å². The quantitative estimate of drug-likeness (QED) is 0.808. The van der Waals surface area contributed by atoms with Crippen LogP contribution in [0.1, 0.15) is 25.3 Å². The normalized spacial score (nSPS) is 17.8. The van der Waals surface area contributed by atoms with Crippen LogP contribution in [0.5, 0.6) is 5.75 Å². The number of hydrogen-bond donors (Lipinski definition) is 2. The molecule has 20 heavy (non-hydrogen) atoms. The molecule has 0 heterocycles. The van der Waals surface area contributed by atoms with Crippen LogP contribution < -0.4 is 10.1 Å². The van der Waals surface area contributed by atoms with Gasteiger partial charge in [-0.05, 0) is 49.9 Å². The summed E-state index contributed by atoms with van der Waals surface area (Å²) >= 11 is 0. The average molecular weight is 285 g/mol. The highest BCUT2D eigenvalue weighted by Crippen LogP contribution is 2.31. The van der Waals surface area contributed by atoms with Crippen molar-refractivity contribution >= 4 is 5.97 Å². The van der Waals surface area contributed by atoms with Crippen LogP contribution in [0, 0.1) is 5.92 Å². The Kier molecular flexibility index (Phi) is 4.23. The van der Waals surface area contributed by atoms with Crippen LogP contribution in [0.25, 0.3) is 0 Å². The standard InChI is InChI=1S/C14H17F2NO3/c1-14(12(18)19,17-8-9-5-6-9)10-3-2-4-11(7-10)20-13(15)16/h2-4,7,9,13,17H,5-6,8H2,1H3,(H,18,19). The van der Waals surface area contributed by atoms with E-state index in [2.05, 4.69) is 10.1 Å². The molecule has 2 N–H and O–H groups in total. The molecule has 1 fully saturated rings. The number of carboxylic acid groups (broad SMARTS) is 1.